The fraction of sp³-hybridized carbons (Fsp3) is 0.923. The molecule has 2 saturated heterocycles. The number of urea groups is 1. The third-order valence-electron chi connectivity index (χ3n) is 3.92. The number of carbonyl (C=O) groups is 1. The third kappa shape index (κ3) is 3.87. The summed E-state index contributed by atoms with van der Waals surface area (Å²) in [7, 11) is 0. The second-order valence-electron chi connectivity index (χ2n) is 5.42. The topological polar surface area (TPSA) is 41.6 Å². The number of hydrogen-bond donors (Lipinski definition) is 1. The fourth-order valence-corrected chi connectivity index (χ4v) is 2.52. The summed E-state index contributed by atoms with van der Waals surface area (Å²) in [4.78, 5) is 13.8. The van der Waals surface area contributed by atoms with Gasteiger partial charge in [0.15, 0.2) is 0 Å². The van der Waals surface area contributed by atoms with Crippen LogP contribution >= 0.6 is 0 Å². The molecule has 2 amide bonds. The number of hydrogen-bond acceptors (Lipinski definition) is 2. The minimum Gasteiger partial charge on any atom is -0.381 e. The van der Waals surface area contributed by atoms with Crippen LogP contribution in [0.25, 0.3) is 0 Å². The van der Waals surface area contributed by atoms with E-state index in [1.54, 1.807) is 0 Å². The lowest BCUT2D eigenvalue weighted by atomic mass is 10.00. The van der Waals surface area contributed by atoms with Crippen LogP contribution in [0.1, 0.15) is 32.6 Å². The van der Waals surface area contributed by atoms with Gasteiger partial charge in [0.05, 0.1) is 0 Å². The van der Waals surface area contributed by atoms with E-state index in [9.17, 15) is 4.79 Å². The van der Waals surface area contributed by atoms with Crippen molar-refractivity contribution in [2.75, 3.05) is 32.8 Å². The molecular formula is C13H24N2O2. The van der Waals surface area contributed by atoms with Gasteiger partial charge in [0.25, 0.3) is 0 Å². The minimum absolute atomic E-state index is 0.121. The van der Waals surface area contributed by atoms with Crippen LogP contribution in [0.5, 0.6) is 0 Å². The van der Waals surface area contributed by atoms with Crippen molar-refractivity contribution in [3.05, 3.63) is 0 Å². The number of nitrogens with one attached hydrogen (secondary N) is 1. The van der Waals surface area contributed by atoms with E-state index in [1.165, 1.54) is 0 Å². The van der Waals surface area contributed by atoms with E-state index in [-0.39, 0.29) is 6.03 Å². The van der Waals surface area contributed by atoms with Gasteiger partial charge >= 0.3 is 6.03 Å². The monoisotopic (exact) mass is 240 g/mol. The Hall–Kier alpha value is -0.770. The highest BCUT2D eigenvalue weighted by atomic mass is 16.5. The first kappa shape index (κ1) is 12.7. The Morgan fingerprint density at radius 2 is 2.12 bits per heavy atom. The molecule has 98 valence electrons. The quantitative estimate of drug-likeness (QED) is 0.818. The van der Waals surface area contributed by atoms with Gasteiger partial charge in [-0.25, -0.2) is 4.79 Å². The Kier molecular flexibility index (Phi) is 4.66. The average molecular weight is 240 g/mol. The van der Waals surface area contributed by atoms with Crippen LogP contribution in [0.15, 0.2) is 0 Å². The number of likely N-dealkylation sites (tertiary alicyclic amines) is 1. The molecule has 2 aliphatic heterocycles. The van der Waals surface area contributed by atoms with Gasteiger partial charge in [0.2, 0.25) is 0 Å². The van der Waals surface area contributed by atoms with Gasteiger partial charge in [-0.2, -0.15) is 0 Å². The van der Waals surface area contributed by atoms with Crippen LogP contribution < -0.4 is 5.32 Å². The smallest absolute Gasteiger partial charge is 0.317 e. The van der Waals surface area contributed by atoms with Gasteiger partial charge in [-0.05, 0) is 37.5 Å². The maximum atomic E-state index is 11.9. The van der Waals surface area contributed by atoms with Gasteiger partial charge < -0.3 is 15.0 Å². The van der Waals surface area contributed by atoms with Gasteiger partial charge in [-0.3, -0.25) is 0 Å². The second-order valence-corrected chi connectivity index (χ2v) is 5.42. The van der Waals surface area contributed by atoms with Gasteiger partial charge in [-0.1, -0.05) is 6.92 Å². The predicted octanol–water partition coefficient (Wildman–Crippen LogP) is 1.85. The number of carbonyl (C=O) groups excluding carboxylic acids is 1. The molecule has 2 heterocycles. The Balaban J connectivity index is 1.60. The molecule has 0 aromatic rings. The molecule has 0 saturated carbocycles. The summed E-state index contributed by atoms with van der Waals surface area (Å²) in [5.41, 5.74) is 0. The largest absolute Gasteiger partial charge is 0.381 e. The van der Waals surface area contributed by atoms with Crippen molar-refractivity contribution in [1.29, 1.82) is 0 Å². The third-order valence-corrected chi connectivity index (χ3v) is 3.92. The van der Waals surface area contributed by atoms with E-state index < -0.39 is 0 Å². The molecule has 0 aromatic carbocycles. The van der Waals surface area contributed by atoms with E-state index in [1.807, 2.05) is 4.90 Å². The van der Waals surface area contributed by atoms with Crippen molar-refractivity contribution in [3.8, 4) is 0 Å². The highest BCUT2D eigenvalue weighted by Gasteiger charge is 2.20. The minimum atomic E-state index is 0.121. The molecule has 4 nitrogen and oxygen atoms in total. The Morgan fingerprint density at radius 3 is 2.76 bits per heavy atom. The number of nitrogens with zero attached hydrogens (tertiary/aromatic N) is 1. The van der Waals surface area contributed by atoms with Crippen molar-refractivity contribution in [2.24, 2.45) is 11.8 Å². The van der Waals surface area contributed by atoms with E-state index in [0.29, 0.717) is 5.92 Å². The molecule has 1 unspecified atom stereocenters. The van der Waals surface area contributed by atoms with Gasteiger partial charge in [0.1, 0.15) is 0 Å². The average Bonchev–Trinajstić information content (AvgIpc) is 2.83. The Bertz CT molecular complexity index is 244. The Labute approximate surface area is 104 Å². The first-order valence-electron chi connectivity index (χ1n) is 6.86. The molecule has 1 atom stereocenters. The molecule has 2 fully saturated rings. The summed E-state index contributed by atoms with van der Waals surface area (Å²) in [5.74, 6) is 1.42. The van der Waals surface area contributed by atoms with Crippen LogP contribution in [0, 0.1) is 11.8 Å². The van der Waals surface area contributed by atoms with Crippen LogP contribution in [0.4, 0.5) is 4.79 Å². The molecule has 0 aliphatic carbocycles. The zero-order valence-corrected chi connectivity index (χ0v) is 10.8. The maximum Gasteiger partial charge on any atom is 0.317 e. The maximum absolute atomic E-state index is 11.9. The van der Waals surface area contributed by atoms with Crippen LogP contribution in [0.3, 0.4) is 0 Å². The van der Waals surface area contributed by atoms with E-state index in [4.69, 9.17) is 4.74 Å². The van der Waals surface area contributed by atoms with E-state index in [0.717, 1.165) is 64.4 Å². The molecule has 0 bridgehead atoms. The molecule has 17 heavy (non-hydrogen) atoms. The van der Waals surface area contributed by atoms with Crippen molar-refractivity contribution in [1.82, 2.24) is 10.2 Å². The SMILES string of the molecule is CC1CCN(C(=O)NCCC2CCOC2)CC1. The number of piperidine rings is 1. The summed E-state index contributed by atoms with van der Waals surface area (Å²) in [6.07, 6.45) is 4.49. The summed E-state index contributed by atoms with van der Waals surface area (Å²) in [5, 5.41) is 3.03. The first-order chi connectivity index (χ1) is 8.25. The number of ether oxygens (including phenoxy) is 1. The number of rotatable bonds is 3. The molecule has 4 heteroatoms. The Morgan fingerprint density at radius 1 is 1.35 bits per heavy atom. The normalized spacial score (nSPS) is 26.2. The van der Waals surface area contributed by atoms with Crippen molar-refractivity contribution < 1.29 is 9.53 Å². The second kappa shape index (κ2) is 6.24. The summed E-state index contributed by atoms with van der Waals surface area (Å²) in [6, 6.07) is 0.121. The standard InChI is InChI=1S/C13H24N2O2/c1-11-3-7-15(8-4-11)13(16)14-6-2-12-5-9-17-10-12/h11-12H,2-10H2,1H3,(H,14,16). The van der Waals surface area contributed by atoms with E-state index in [2.05, 4.69) is 12.2 Å². The van der Waals surface area contributed by atoms with Crippen molar-refractivity contribution in [2.45, 2.75) is 32.6 Å². The molecule has 0 radical (unpaired) electrons. The first-order valence-corrected chi connectivity index (χ1v) is 6.86. The van der Waals surface area contributed by atoms with Crippen LogP contribution in [-0.4, -0.2) is 43.8 Å². The molecule has 2 aliphatic rings. The van der Waals surface area contributed by atoms with Crippen molar-refractivity contribution in [3.63, 3.8) is 0 Å². The summed E-state index contributed by atoms with van der Waals surface area (Å²) >= 11 is 0. The van der Waals surface area contributed by atoms with Gasteiger partial charge in [0, 0.05) is 32.8 Å². The molecule has 1 N–H and O–H groups in total. The van der Waals surface area contributed by atoms with Gasteiger partial charge in [-0.15, -0.1) is 0 Å². The summed E-state index contributed by atoms with van der Waals surface area (Å²) in [6.45, 7) is 6.65. The van der Waals surface area contributed by atoms with Crippen LogP contribution in [0.2, 0.25) is 0 Å². The zero-order chi connectivity index (χ0) is 12.1. The zero-order valence-electron chi connectivity index (χ0n) is 10.8. The van der Waals surface area contributed by atoms with Crippen molar-refractivity contribution >= 4 is 6.03 Å². The predicted molar refractivity (Wildman–Crippen MR) is 66.9 cm³/mol. The summed E-state index contributed by atoms with van der Waals surface area (Å²) < 4.78 is 5.32. The lowest BCUT2D eigenvalue weighted by Crippen LogP contribution is -2.44. The number of amides is 2. The molecular weight excluding hydrogens is 216 g/mol. The lowest BCUT2D eigenvalue weighted by molar-refractivity contribution is 0.171. The molecule has 0 aromatic heterocycles. The lowest BCUT2D eigenvalue weighted by Gasteiger charge is -2.30. The van der Waals surface area contributed by atoms with E-state index >= 15 is 0 Å². The van der Waals surface area contributed by atoms with Crippen LogP contribution in [-0.2, 0) is 4.74 Å². The molecule has 2 rings (SSSR count). The molecule has 0 spiro atoms. The highest BCUT2D eigenvalue weighted by molar-refractivity contribution is 5.74. The fourth-order valence-electron chi connectivity index (χ4n) is 2.52. The highest BCUT2D eigenvalue weighted by Crippen LogP contribution is 2.17.